The Labute approximate surface area is 263 Å². The van der Waals surface area contributed by atoms with Gasteiger partial charge in [-0.3, -0.25) is 18.8 Å². The maximum Gasteiger partial charge on any atom is 0.447 e. The zero-order valence-corrected chi connectivity index (χ0v) is 26.5. The van der Waals surface area contributed by atoms with Crippen molar-refractivity contribution in [2.24, 2.45) is 0 Å². The summed E-state index contributed by atoms with van der Waals surface area (Å²) in [5, 5.41) is 19.2. The van der Waals surface area contributed by atoms with Gasteiger partial charge in [-0.1, -0.05) is 19.8 Å². The average molecular weight is 649 g/mol. The van der Waals surface area contributed by atoms with E-state index in [2.05, 4.69) is 38.6 Å². The number of carbonyl (C=O) groups is 1. The van der Waals surface area contributed by atoms with E-state index in [4.69, 9.17) is 4.74 Å². The van der Waals surface area contributed by atoms with Gasteiger partial charge >= 0.3 is 5.51 Å². The molecule has 2 N–H and O–H groups in total. The molecule has 2 unspecified atom stereocenters. The molecule has 0 saturated carbocycles. The number of nitriles is 1. The predicted octanol–water partition coefficient (Wildman–Crippen LogP) is 4.82. The van der Waals surface area contributed by atoms with Crippen molar-refractivity contribution in [1.29, 1.82) is 5.26 Å². The molecule has 2 atom stereocenters. The molecule has 2 aliphatic rings. The third-order valence-electron chi connectivity index (χ3n) is 7.27. The van der Waals surface area contributed by atoms with E-state index in [0.29, 0.717) is 24.2 Å². The maximum absolute atomic E-state index is 15.3. The van der Waals surface area contributed by atoms with Gasteiger partial charge in [0.1, 0.15) is 16.9 Å². The monoisotopic (exact) mass is 648 g/mol. The Bertz CT molecular complexity index is 1610. The number of hydrogen-bond acceptors (Lipinski definition) is 8. The lowest BCUT2D eigenvalue weighted by Gasteiger charge is -2.48. The molecule has 3 aromatic heterocycles. The number of nitrogens with zero attached hydrogens (tertiary/aromatic N) is 6. The van der Waals surface area contributed by atoms with Crippen LogP contribution in [-0.2, 0) is 10.3 Å². The zero-order valence-electron chi connectivity index (χ0n) is 25.7. The van der Waals surface area contributed by atoms with Crippen LogP contribution in [0.15, 0.2) is 35.7 Å². The summed E-state index contributed by atoms with van der Waals surface area (Å²) < 4.78 is 63.9. The summed E-state index contributed by atoms with van der Waals surface area (Å²) in [6.07, 6.45) is 3.50. The number of ether oxygens (including phenoxy) is 1. The quantitative estimate of drug-likeness (QED) is 0.222. The van der Waals surface area contributed by atoms with Gasteiger partial charge in [-0.2, -0.15) is 23.5 Å². The fraction of sp³-hybridized carbons (Fsp3) is 0.533. The molecule has 45 heavy (non-hydrogen) atoms. The number of likely N-dealkylation sites (tertiary alicyclic amines) is 1. The number of alkyl halides is 4. The van der Waals surface area contributed by atoms with Gasteiger partial charge in [0.2, 0.25) is 0 Å². The van der Waals surface area contributed by atoms with Crippen LogP contribution < -0.4 is 10.6 Å². The van der Waals surface area contributed by atoms with E-state index in [9.17, 15) is 23.2 Å². The van der Waals surface area contributed by atoms with Crippen molar-refractivity contribution < 1.29 is 27.1 Å². The van der Waals surface area contributed by atoms with Crippen molar-refractivity contribution in [2.75, 3.05) is 38.2 Å². The summed E-state index contributed by atoms with van der Waals surface area (Å²) in [5.41, 5.74) is -5.03. The summed E-state index contributed by atoms with van der Waals surface area (Å²) in [7, 11) is 0. The SMILES string of the molecule is CC.CC(C)(C)n1cc(C(=O)NCC#Cc2nc3c(NC4CCN(C5(C#N)COC5)CC4F)cccn3c2SC(F)(F)F)cn1. The summed E-state index contributed by atoms with van der Waals surface area (Å²) in [6.45, 7) is 10.6. The van der Waals surface area contributed by atoms with Crippen LogP contribution in [0.3, 0.4) is 0 Å². The highest BCUT2D eigenvalue weighted by Gasteiger charge is 2.48. The van der Waals surface area contributed by atoms with Gasteiger partial charge in [-0.05, 0) is 45.2 Å². The van der Waals surface area contributed by atoms with Crippen molar-refractivity contribution in [2.45, 2.75) is 74.9 Å². The molecule has 5 heterocycles. The minimum absolute atomic E-state index is 0.0285. The lowest BCUT2D eigenvalue weighted by molar-refractivity contribution is -0.121. The summed E-state index contributed by atoms with van der Waals surface area (Å²) >= 11 is -0.352. The second kappa shape index (κ2) is 13.7. The number of thioether (sulfide) groups is 1. The molecule has 5 rings (SSSR count). The molecular weight excluding hydrogens is 612 g/mol. The van der Waals surface area contributed by atoms with Crippen molar-refractivity contribution in [3.8, 4) is 17.9 Å². The molecular formula is C30H36F4N8O2S. The average Bonchev–Trinajstić information content (AvgIpc) is 3.59. The summed E-state index contributed by atoms with van der Waals surface area (Å²) in [6, 6.07) is 4.76. The van der Waals surface area contributed by atoms with Gasteiger partial charge in [-0.25, -0.2) is 9.37 Å². The van der Waals surface area contributed by atoms with Crippen LogP contribution in [0.1, 0.15) is 57.1 Å². The molecule has 0 bridgehead atoms. The standard InChI is InChI=1S/C28H30F4N8O2S.C2H6/c1-26(2,3)40-13-18(12-35-40)24(41)34-9-4-6-22-25(43-28(30,31)32)39-10-5-7-21(23(39)37-22)36-20-8-11-38(14-19(20)29)27(15-33)16-42-17-27;1-2/h5,7,10,12-13,19-20,36H,8-9,11,14,16-17H2,1-3H3,(H,34,41);1-2H3. The number of rotatable bonds is 6. The van der Waals surface area contributed by atoms with Crippen molar-refractivity contribution in [3.63, 3.8) is 0 Å². The van der Waals surface area contributed by atoms with Crippen LogP contribution in [-0.4, -0.2) is 86.1 Å². The molecule has 0 radical (unpaired) electrons. The lowest BCUT2D eigenvalue weighted by Crippen LogP contribution is -2.65. The highest BCUT2D eigenvalue weighted by molar-refractivity contribution is 8.00. The molecule has 2 fully saturated rings. The number of fused-ring (bicyclic) bond motifs is 1. The van der Waals surface area contributed by atoms with Crippen LogP contribution in [0.4, 0.5) is 23.2 Å². The van der Waals surface area contributed by atoms with Gasteiger partial charge in [0.05, 0.1) is 54.9 Å². The Morgan fingerprint density at radius 1 is 1.27 bits per heavy atom. The van der Waals surface area contributed by atoms with Gasteiger partial charge in [0.25, 0.3) is 5.91 Å². The van der Waals surface area contributed by atoms with Gasteiger partial charge in [0, 0.05) is 37.2 Å². The molecule has 0 aliphatic carbocycles. The first-order valence-corrected chi connectivity index (χ1v) is 15.3. The van der Waals surface area contributed by atoms with E-state index >= 15 is 4.39 Å². The zero-order chi connectivity index (χ0) is 33.0. The van der Waals surface area contributed by atoms with E-state index in [1.54, 1.807) is 27.9 Å². The maximum atomic E-state index is 15.3. The van der Waals surface area contributed by atoms with E-state index < -0.39 is 29.2 Å². The van der Waals surface area contributed by atoms with E-state index in [1.807, 2.05) is 34.6 Å². The van der Waals surface area contributed by atoms with Crippen molar-refractivity contribution >= 4 is 29.0 Å². The second-order valence-corrected chi connectivity index (χ2v) is 12.4. The molecule has 1 amide bonds. The van der Waals surface area contributed by atoms with E-state index in [0.717, 1.165) is 0 Å². The minimum atomic E-state index is -4.62. The predicted molar refractivity (Wildman–Crippen MR) is 163 cm³/mol. The van der Waals surface area contributed by atoms with Crippen LogP contribution in [0.5, 0.6) is 0 Å². The van der Waals surface area contributed by atoms with Gasteiger partial charge in [0.15, 0.2) is 11.2 Å². The topological polar surface area (TPSA) is 113 Å². The van der Waals surface area contributed by atoms with Gasteiger partial charge in [-0.15, -0.1) is 0 Å². The van der Waals surface area contributed by atoms with Gasteiger partial charge < -0.3 is 15.4 Å². The number of hydrogen-bond donors (Lipinski definition) is 2. The Morgan fingerprint density at radius 2 is 2.00 bits per heavy atom. The Balaban J connectivity index is 0.00000226. The van der Waals surface area contributed by atoms with Crippen LogP contribution in [0.2, 0.25) is 0 Å². The molecule has 2 saturated heterocycles. The number of imidazole rings is 1. The first-order chi connectivity index (χ1) is 21.3. The second-order valence-electron chi connectivity index (χ2n) is 11.4. The first kappa shape index (κ1) is 34.1. The minimum Gasteiger partial charge on any atom is -0.376 e. The summed E-state index contributed by atoms with van der Waals surface area (Å²) in [4.78, 5) is 18.7. The third-order valence-corrected chi connectivity index (χ3v) is 8.09. The molecule has 15 heteroatoms. The highest BCUT2D eigenvalue weighted by atomic mass is 32.2. The number of nitrogens with one attached hydrogen (secondary N) is 2. The number of aromatic nitrogens is 4. The normalized spacial score (nSPS) is 19.7. The van der Waals surface area contributed by atoms with E-state index in [1.165, 1.54) is 16.8 Å². The molecule has 3 aromatic rings. The number of carbonyl (C=O) groups excluding carboxylic acids is 1. The third kappa shape index (κ3) is 7.72. The summed E-state index contributed by atoms with van der Waals surface area (Å²) in [5.74, 6) is 4.91. The number of piperidine rings is 1. The van der Waals surface area contributed by atoms with Crippen LogP contribution >= 0.6 is 11.8 Å². The first-order valence-electron chi connectivity index (χ1n) is 14.5. The number of amides is 1. The number of halogens is 4. The Morgan fingerprint density at radius 3 is 2.58 bits per heavy atom. The Kier molecular flexibility index (Phi) is 10.4. The molecule has 0 spiro atoms. The Hall–Kier alpha value is -3.79. The molecule has 10 nitrogen and oxygen atoms in total. The number of pyridine rings is 1. The van der Waals surface area contributed by atoms with Crippen LogP contribution in [0.25, 0.3) is 5.65 Å². The highest BCUT2D eigenvalue weighted by Crippen LogP contribution is 2.40. The number of anilines is 1. The molecule has 242 valence electrons. The largest absolute Gasteiger partial charge is 0.447 e. The van der Waals surface area contributed by atoms with E-state index in [-0.39, 0.29) is 60.0 Å². The van der Waals surface area contributed by atoms with Crippen molar-refractivity contribution in [1.82, 2.24) is 29.4 Å². The fourth-order valence-electron chi connectivity index (χ4n) is 4.88. The smallest absolute Gasteiger partial charge is 0.376 e. The molecule has 0 aromatic carbocycles. The lowest BCUT2D eigenvalue weighted by atomic mass is 9.92. The fourth-order valence-corrected chi connectivity index (χ4v) is 5.54. The van der Waals surface area contributed by atoms with Crippen molar-refractivity contribution in [3.05, 3.63) is 42.0 Å². The molecule has 2 aliphatic heterocycles. The van der Waals surface area contributed by atoms with Crippen LogP contribution in [0, 0.1) is 23.2 Å².